The number of hydrogen-bond donors (Lipinski definition) is 2. The second-order valence-electron chi connectivity index (χ2n) is 5.08. The first kappa shape index (κ1) is 18.1. The van der Waals surface area contributed by atoms with Crippen molar-refractivity contribution in [1.82, 2.24) is 15.0 Å². The zero-order chi connectivity index (χ0) is 19.2. The number of nitrogens with zero attached hydrogens (tertiary/aromatic N) is 4. The maximum Gasteiger partial charge on any atom is 0.360 e. The van der Waals surface area contributed by atoms with Gasteiger partial charge in [-0.1, -0.05) is 35.5 Å². The van der Waals surface area contributed by atoms with Crippen LogP contribution in [-0.2, 0) is 9.63 Å². The number of anilines is 1. The lowest BCUT2D eigenvalue weighted by Gasteiger charge is -2.03. The number of carboxylic acid groups (broad SMARTS) is 1. The van der Waals surface area contributed by atoms with Gasteiger partial charge in [0.1, 0.15) is 12.8 Å². The van der Waals surface area contributed by atoms with E-state index < -0.39 is 11.9 Å². The van der Waals surface area contributed by atoms with Crippen LogP contribution in [0.1, 0.15) is 16.1 Å². The highest BCUT2D eigenvalue weighted by Crippen LogP contribution is 2.18. The van der Waals surface area contributed by atoms with Crippen LogP contribution in [0, 0.1) is 0 Å². The Labute approximate surface area is 157 Å². The zero-order valence-electron chi connectivity index (χ0n) is 14.0. The molecule has 0 fully saturated rings. The van der Waals surface area contributed by atoms with Crippen molar-refractivity contribution in [1.29, 1.82) is 0 Å². The van der Waals surface area contributed by atoms with Crippen LogP contribution in [0.25, 0.3) is 11.4 Å². The van der Waals surface area contributed by atoms with Gasteiger partial charge in [-0.3, -0.25) is 10.1 Å². The van der Waals surface area contributed by atoms with Crippen molar-refractivity contribution in [2.24, 2.45) is 5.16 Å². The third-order valence-electron chi connectivity index (χ3n) is 3.30. The van der Waals surface area contributed by atoms with Crippen LogP contribution in [-0.4, -0.2) is 44.8 Å². The van der Waals surface area contributed by atoms with Crippen molar-refractivity contribution in [2.45, 2.75) is 0 Å². The molecule has 0 saturated heterocycles. The van der Waals surface area contributed by atoms with E-state index in [1.165, 1.54) is 24.9 Å². The maximum absolute atomic E-state index is 12.3. The van der Waals surface area contributed by atoms with Gasteiger partial charge in [-0.25, -0.2) is 19.7 Å². The Kier molecular flexibility index (Phi) is 5.47. The summed E-state index contributed by atoms with van der Waals surface area (Å²) in [6, 6.07) is 9.37. The number of carboxylic acids is 1. The fourth-order valence-electron chi connectivity index (χ4n) is 2.08. The lowest BCUT2D eigenvalue weighted by atomic mass is 10.2. The molecule has 1 aromatic carbocycles. The molecular formula is C17H13N5O4S. The number of benzene rings is 1. The first-order valence-corrected chi connectivity index (χ1v) is 8.45. The van der Waals surface area contributed by atoms with E-state index in [-0.39, 0.29) is 22.1 Å². The summed E-state index contributed by atoms with van der Waals surface area (Å²) in [7, 11) is 1.23. The number of rotatable bonds is 6. The van der Waals surface area contributed by atoms with Crippen molar-refractivity contribution in [3.8, 4) is 11.4 Å². The van der Waals surface area contributed by atoms with Crippen LogP contribution < -0.4 is 5.32 Å². The second kappa shape index (κ2) is 8.15. The SMILES string of the molecule is CON=C(C(=O)O)c1csc(NC(=O)c2cnc(-c3ccccc3)nc2)n1. The van der Waals surface area contributed by atoms with Crippen LogP contribution in [0.15, 0.2) is 53.3 Å². The summed E-state index contributed by atoms with van der Waals surface area (Å²) >= 11 is 1.06. The molecule has 0 unspecified atom stereocenters. The number of oxime groups is 1. The zero-order valence-corrected chi connectivity index (χ0v) is 14.8. The topological polar surface area (TPSA) is 127 Å². The molecule has 27 heavy (non-hydrogen) atoms. The van der Waals surface area contributed by atoms with Gasteiger partial charge in [-0.05, 0) is 0 Å². The Bertz CT molecular complexity index is 986. The Morgan fingerprint density at radius 2 is 1.89 bits per heavy atom. The molecule has 2 N–H and O–H groups in total. The number of hydrogen-bond acceptors (Lipinski definition) is 8. The molecule has 3 aromatic rings. The molecule has 2 heterocycles. The van der Waals surface area contributed by atoms with Gasteiger partial charge in [0.15, 0.2) is 11.0 Å². The number of thiazole rings is 1. The van der Waals surface area contributed by atoms with E-state index in [9.17, 15) is 9.59 Å². The van der Waals surface area contributed by atoms with E-state index in [0.29, 0.717) is 5.82 Å². The molecule has 3 rings (SSSR count). The molecule has 0 spiro atoms. The largest absolute Gasteiger partial charge is 0.476 e. The van der Waals surface area contributed by atoms with Gasteiger partial charge >= 0.3 is 5.97 Å². The molecule has 0 saturated carbocycles. The summed E-state index contributed by atoms with van der Waals surface area (Å²) in [4.78, 5) is 40.4. The average molecular weight is 383 g/mol. The Hall–Kier alpha value is -3.66. The standard InChI is InChI=1S/C17H13N5O4S/c1-26-22-13(16(24)25)12-9-27-17(20-12)21-15(23)11-7-18-14(19-8-11)10-5-3-2-4-6-10/h2-9H,1H3,(H,24,25)(H,20,21,23). The van der Waals surface area contributed by atoms with Crippen molar-refractivity contribution in [2.75, 3.05) is 12.4 Å². The molecule has 136 valence electrons. The molecule has 2 aromatic heterocycles. The Morgan fingerprint density at radius 3 is 2.52 bits per heavy atom. The summed E-state index contributed by atoms with van der Waals surface area (Å²) < 4.78 is 0. The van der Waals surface area contributed by atoms with E-state index >= 15 is 0 Å². The van der Waals surface area contributed by atoms with Crippen LogP contribution in [0.2, 0.25) is 0 Å². The quantitative estimate of drug-likeness (QED) is 0.494. The summed E-state index contributed by atoms with van der Waals surface area (Å²) in [5.41, 5.74) is 0.813. The van der Waals surface area contributed by atoms with E-state index in [2.05, 4.69) is 30.3 Å². The van der Waals surface area contributed by atoms with Gasteiger partial charge in [-0.15, -0.1) is 11.3 Å². The molecule has 0 radical (unpaired) electrons. The maximum atomic E-state index is 12.3. The molecular weight excluding hydrogens is 370 g/mol. The van der Waals surface area contributed by atoms with Crippen LogP contribution in [0.5, 0.6) is 0 Å². The smallest absolute Gasteiger partial charge is 0.360 e. The van der Waals surface area contributed by atoms with E-state index in [4.69, 9.17) is 5.11 Å². The molecule has 0 aliphatic rings. The second-order valence-corrected chi connectivity index (χ2v) is 5.94. The van der Waals surface area contributed by atoms with E-state index in [1.54, 1.807) is 0 Å². The number of aromatic nitrogens is 3. The molecule has 9 nitrogen and oxygen atoms in total. The van der Waals surface area contributed by atoms with E-state index in [1.807, 2.05) is 30.3 Å². The third-order valence-corrected chi connectivity index (χ3v) is 4.06. The molecule has 1 amide bonds. The van der Waals surface area contributed by atoms with E-state index in [0.717, 1.165) is 16.9 Å². The summed E-state index contributed by atoms with van der Waals surface area (Å²) in [5, 5.41) is 16.8. The predicted octanol–water partition coefficient (Wildman–Crippen LogP) is 2.29. The van der Waals surface area contributed by atoms with Gasteiger partial charge in [0, 0.05) is 23.3 Å². The fraction of sp³-hybridized carbons (Fsp3) is 0.0588. The molecule has 0 aliphatic heterocycles. The Balaban J connectivity index is 1.73. The third kappa shape index (κ3) is 4.30. The molecule has 0 bridgehead atoms. The average Bonchev–Trinajstić information content (AvgIpc) is 3.14. The number of aliphatic carboxylic acids is 1. The Morgan fingerprint density at radius 1 is 1.19 bits per heavy atom. The van der Waals surface area contributed by atoms with Crippen LogP contribution >= 0.6 is 11.3 Å². The fourth-order valence-corrected chi connectivity index (χ4v) is 2.77. The first-order chi connectivity index (χ1) is 13.1. The predicted molar refractivity (Wildman–Crippen MR) is 98.7 cm³/mol. The lowest BCUT2D eigenvalue weighted by Crippen LogP contribution is -2.16. The van der Waals surface area contributed by atoms with Crippen LogP contribution in [0.3, 0.4) is 0 Å². The molecule has 10 heteroatoms. The minimum absolute atomic E-state index is 0.0836. The minimum Gasteiger partial charge on any atom is -0.476 e. The highest BCUT2D eigenvalue weighted by Gasteiger charge is 2.18. The number of carbonyl (C=O) groups is 2. The lowest BCUT2D eigenvalue weighted by molar-refractivity contribution is -0.129. The normalized spacial score (nSPS) is 11.1. The molecule has 0 aliphatic carbocycles. The van der Waals surface area contributed by atoms with Crippen LogP contribution in [0.4, 0.5) is 5.13 Å². The molecule has 0 atom stereocenters. The summed E-state index contributed by atoms with van der Waals surface area (Å²) in [6.07, 6.45) is 2.82. The van der Waals surface area contributed by atoms with Crippen molar-refractivity contribution < 1.29 is 19.5 Å². The van der Waals surface area contributed by atoms with Gasteiger partial charge in [-0.2, -0.15) is 0 Å². The van der Waals surface area contributed by atoms with Gasteiger partial charge in [0.2, 0.25) is 5.71 Å². The number of carbonyl (C=O) groups excluding carboxylic acids is 1. The monoisotopic (exact) mass is 383 g/mol. The van der Waals surface area contributed by atoms with Crippen molar-refractivity contribution >= 4 is 34.1 Å². The summed E-state index contributed by atoms with van der Waals surface area (Å²) in [5.74, 6) is -1.24. The van der Waals surface area contributed by atoms with Crippen molar-refractivity contribution in [3.05, 3.63) is 59.4 Å². The van der Waals surface area contributed by atoms with Gasteiger partial charge < -0.3 is 9.94 Å². The first-order valence-electron chi connectivity index (χ1n) is 7.57. The number of amides is 1. The minimum atomic E-state index is -1.29. The number of nitrogens with one attached hydrogen (secondary N) is 1. The van der Waals surface area contributed by atoms with Gasteiger partial charge in [0.25, 0.3) is 5.91 Å². The van der Waals surface area contributed by atoms with Crippen molar-refractivity contribution in [3.63, 3.8) is 0 Å². The highest BCUT2D eigenvalue weighted by atomic mass is 32.1. The van der Waals surface area contributed by atoms with Gasteiger partial charge in [0.05, 0.1) is 5.56 Å². The summed E-state index contributed by atoms with van der Waals surface area (Å²) in [6.45, 7) is 0. The highest BCUT2D eigenvalue weighted by molar-refractivity contribution is 7.14.